The molecule has 0 aliphatic carbocycles. The van der Waals surface area contributed by atoms with Gasteiger partial charge in [-0.1, -0.05) is 0 Å². The fourth-order valence-corrected chi connectivity index (χ4v) is 2.14. The molecule has 1 unspecified atom stereocenters. The van der Waals surface area contributed by atoms with E-state index in [1.54, 1.807) is 25.6 Å². The molecule has 4 nitrogen and oxygen atoms in total. The number of hydrogen-bond donors (Lipinski definition) is 1. The summed E-state index contributed by atoms with van der Waals surface area (Å²) in [5, 5.41) is 12.7. The number of hydrogen-bond acceptors (Lipinski definition) is 5. The lowest BCUT2D eigenvalue weighted by molar-refractivity contribution is 0.218. The van der Waals surface area contributed by atoms with Gasteiger partial charge in [0.15, 0.2) is 0 Å². The van der Waals surface area contributed by atoms with Crippen molar-refractivity contribution in [3.05, 3.63) is 40.1 Å². The molecule has 84 valence electrons. The van der Waals surface area contributed by atoms with Crippen LogP contribution in [0.1, 0.15) is 22.4 Å². The molecule has 5 heteroatoms. The first-order chi connectivity index (χ1) is 7.70. The number of thiazole rings is 1. The third-order valence-electron chi connectivity index (χ3n) is 2.16. The van der Waals surface area contributed by atoms with Gasteiger partial charge in [0.1, 0.15) is 16.9 Å². The molecule has 0 spiro atoms. The van der Waals surface area contributed by atoms with Crippen molar-refractivity contribution < 1.29 is 9.84 Å². The lowest BCUT2D eigenvalue weighted by Gasteiger charge is -2.08. The summed E-state index contributed by atoms with van der Waals surface area (Å²) in [6.45, 7) is 1.90. The topological polar surface area (TPSA) is 55.2 Å². The average Bonchev–Trinajstić information content (AvgIpc) is 2.75. The van der Waals surface area contributed by atoms with Crippen LogP contribution in [-0.2, 0) is 0 Å². The largest absolute Gasteiger partial charge is 0.495 e. The first-order valence-electron chi connectivity index (χ1n) is 4.79. The second kappa shape index (κ2) is 4.59. The van der Waals surface area contributed by atoms with Crippen LogP contribution in [0.25, 0.3) is 0 Å². The van der Waals surface area contributed by atoms with E-state index in [2.05, 4.69) is 9.97 Å². The molecule has 0 radical (unpaired) electrons. The molecule has 0 amide bonds. The first-order valence-corrected chi connectivity index (χ1v) is 5.67. The fraction of sp³-hybridized carbons (Fsp3) is 0.273. The van der Waals surface area contributed by atoms with Crippen LogP contribution in [0.4, 0.5) is 0 Å². The highest BCUT2D eigenvalue weighted by Crippen LogP contribution is 2.26. The van der Waals surface area contributed by atoms with E-state index < -0.39 is 6.10 Å². The van der Waals surface area contributed by atoms with E-state index in [4.69, 9.17) is 4.74 Å². The van der Waals surface area contributed by atoms with Crippen LogP contribution in [0.15, 0.2) is 23.8 Å². The number of ether oxygens (including phenoxy) is 1. The second-order valence-electron chi connectivity index (χ2n) is 3.39. The van der Waals surface area contributed by atoms with E-state index in [0.29, 0.717) is 16.3 Å². The molecule has 2 aromatic heterocycles. The van der Waals surface area contributed by atoms with Gasteiger partial charge in [-0.25, -0.2) is 4.98 Å². The van der Waals surface area contributed by atoms with Crippen LogP contribution in [0.5, 0.6) is 5.75 Å². The fourth-order valence-electron chi connectivity index (χ4n) is 1.34. The normalized spacial score (nSPS) is 12.4. The lowest BCUT2D eigenvalue weighted by Crippen LogP contribution is -2.00. The van der Waals surface area contributed by atoms with Gasteiger partial charge in [0.2, 0.25) is 0 Å². The maximum atomic E-state index is 10.1. The minimum Gasteiger partial charge on any atom is -0.495 e. The van der Waals surface area contributed by atoms with E-state index in [-0.39, 0.29) is 0 Å². The molecule has 0 aromatic carbocycles. The maximum Gasteiger partial charge on any atom is 0.137 e. The van der Waals surface area contributed by atoms with Crippen LogP contribution in [0.2, 0.25) is 0 Å². The summed E-state index contributed by atoms with van der Waals surface area (Å²) in [5.41, 5.74) is 1.60. The number of aromatic nitrogens is 2. The van der Waals surface area contributed by atoms with Crippen molar-refractivity contribution in [1.29, 1.82) is 0 Å². The maximum absolute atomic E-state index is 10.1. The number of aryl methyl sites for hydroxylation is 1. The highest BCUT2D eigenvalue weighted by molar-refractivity contribution is 7.09. The zero-order chi connectivity index (χ0) is 11.5. The Morgan fingerprint density at radius 1 is 1.44 bits per heavy atom. The van der Waals surface area contributed by atoms with E-state index >= 15 is 0 Å². The van der Waals surface area contributed by atoms with Crippen LogP contribution in [-0.4, -0.2) is 22.2 Å². The minimum atomic E-state index is -0.735. The number of pyridine rings is 1. The molecular weight excluding hydrogens is 224 g/mol. The summed E-state index contributed by atoms with van der Waals surface area (Å²) in [6.07, 6.45) is 2.48. The van der Waals surface area contributed by atoms with Crippen LogP contribution >= 0.6 is 11.3 Å². The minimum absolute atomic E-state index is 0.629. The molecule has 1 atom stereocenters. The van der Waals surface area contributed by atoms with Crippen molar-refractivity contribution in [3.8, 4) is 5.75 Å². The van der Waals surface area contributed by atoms with Gasteiger partial charge in [-0.2, -0.15) is 0 Å². The highest BCUT2D eigenvalue weighted by Gasteiger charge is 2.14. The zero-order valence-corrected chi connectivity index (χ0v) is 9.86. The SMILES string of the molecule is COc1cncc(C(O)c2nc(C)cs2)c1. The quantitative estimate of drug-likeness (QED) is 0.884. The van der Waals surface area contributed by atoms with Gasteiger partial charge in [0.05, 0.1) is 13.3 Å². The number of nitrogens with zero attached hydrogens (tertiary/aromatic N) is 2. The third-order valence-corrected chi connectivity index (χ3v) is 3.17. The first kappa shape index (κ1) is 11.0. The smallest absolute Gasteiger partial charge is 0.137 e. The molecule has 0 aliphatic heterocycles. The lowest BCUT2D eigenvalue weighted by atomic mass is 10.2. The Balaban J connectivity index is 2.29. The molecule has 2 rings (SSSR count). The molecule has 0 saturated carbocycles. The average molecular weight is 236 g/mol. The predicted molar refractivity (Wildman–Crippen MR) is 61.7 cm³/mol. The summed E-state index contributed by atoms with van der Waals surface area (Å²) in [7, 11) is 1.57. The summed E-state index contributed by atoms with van der Waals surface area (Å²) in [6, 6.07) is 1.76. The van der Waals surface area contributed by atoms with Gasteiger partial charge in [-0.3, -0.25) is 4.98 Å². The van der Waals surface area contributed by atoms with Crippen molar-refractivity contribution in [2.24, 2.45) is 0 Å². The Labute approximate surface area is 97.6 Å². The van der Waals surface area contributed by atoms with E-state index in [0.717, 1.165) is 5.69 Å². The monoisotopic (exact) mass is 236 g/mol. The van der Waals surface area contributed by atoms with Crippen molar-refractivity contribution in [3.63, 3.8) is 0 Å². The second-order valence-corrected chi connectivity index (χ2v) is 4.28. The molecule has 0 fully saturated rings. The van der Waals surface area contributed by atoms with Gasteiger partial charge in [0.25, 0.3) is 0 Å². The third kappa shape index (κ3) is 2.20. The number of aliphatic hydroxyl groups is 1. The molecule has 2 heterocycles. The van der Waals surface area contributed by atoms with Crippen LogP contribution < -0.4 is 4.74 Å². The summed E-state index contributed by atoms with van der Waals surface area (Å²) >= 11 is 1.44. The summed E-state index contributed by atoms with van der Waals surface area (Å²) in [5.74, 6) is 0.629. The Morgan fingerprint density at radius 2 is 2.25 bits per heavy atom. The van der Waals surface area contributed by atoms with Crippen LogP contribution in [0, 0.1) is 6.92 Å². The van der Waals surface area contributed by atoms with Gasteiger partial charge < -0.3 is 9.84 Å². The Kier molecular flexibility index (Phi) is 3.17. The van der Waals surface area contributed by atoms with Crippen molar-refractivity contribution >= 4 is 11.3 Å². The molecule has 0 bridgehead atoms. The number of aliphatic hydroxyl groups excluding tert-OH is 1. The van der Waals surface area contributed by atoms with Crippen molar-refractivity contribution in [2.75, 3.05) is 7.11 Å². The van der Waals surface area contributed by atoms with Gasteiger partial charge in [-0.15, -0.1) is 11.3 Å². The Morgan fingerprint density at radius 3 is 2.88 bits per heavy atom. The number of methoxy groups -OCH3 is 1. The highest BCUT2D eigenvalue weighted by atomic mass is 32.1. The van der Waals surface area contributed by atoms with Gasteiger partial charge in [-0.05, 0) is 13.0 Å². The molecular formula is C11H12N2O2S. The number of rotatable bonds is 3. The molecule has 2 aromatic rings. The van der Waals surface area contributed by atoms with E-state index in [9.17, 15) is 5.11 Å². The summed E-state index contributed by atoms with van der Waals surface area (Å²) in [4.78, 5) is 8.24. The standard InChI is InChI=1S/C11H12N2O2S/c1-7-6-16-11(13-7)10(14)8-3-9(15-2)5-12-4-8/h3-6,10,14H,1-2H3. The molecule has 0 aliphatic rings. The van der Waals surface area contributed by atoms with Gasteiger partial charge >= 0.3 is 0 Å². The Bertz CT molecular complexity index is 484. The predicted octanol–water partition coefficient (Wildman–Crippen LogP) is 1.94. The Hall–Kier alpha value is -1.46. The molecule has 1 N–H and O–H groups in total. The summed E-state index contributed by atoms with van der Waals surface area (Å²) < 4.78 is 5.06. The van der Waals surface area contributed by atoms with Crippen molar-refractivity contribution in [1.82, 2.24) is 9.97 Å². The van der Waals surface area contributed by atoms with E-state index in [1.807, 2.05) is 12.3 Å². The molecule has 0 saturated heterocycles. The zero-order valence-electron chi connectivity index (χ0n) is 9.04. The van der Waals surface area contributed by atoms with Crippen molar-refractivity contribution in [2.45, 2.75) is 13.0 Å². The molecule has 16 heavy (non-hydrogen) atoms. The van der Waals surface area contributed by atoms with E-state index in [1.165, 1.54) is 11.3 Å². The van der Waals surface area contributed by atoms with Crippen LogP contribution in [0.3, 0.4) is 0 Å². The van der Waals surface area contributed by atoms with Gasteiger partial charge in [0, 0.05) is 22.8 Å².